The summed E-state index contributed by atoms with van der Waals surface area (Å²) in [5.74, 6) is -1.37. The number of nitrogens with zero attached hydrogens (tertiary/aromatic N) is 3. The Hall–Kier alpha value is -2.02. The molecule has 1 amide bonds. The van der Waals surface area contributed by atoms with E-state index in [0.717, 1.165) is 12.1 Å². The number of nitro benzene ring substituents is 1. The molecule has 0 aliphatic heterocycles. The first-order valence-electron chi connectivity index (χ1n) is 5.67. The lowest BCUT2D eigenvalue weighted by molar-refractivity contribution is -0.387. The van der Waals surface area contributed by atoms with Crippen LogP contribution in [0.2, 0.25) is 0 Å². The van der Waals surface area contributed by atoms with E-state index in [2.05, 4.69) is 0 Å². The smallest absolute Gasteiger partial charge is 0.304 e. The first-order valence-corrected chi connectivity index (χ1v) is 5.67. The van der Waals surface area contributed by atoms with Crippen molar-refractivity contribution in [2.75, 3.05) is 34.2 Å². The maximum absolute atomic E-state index is 13.4. The molecule has 0 N–H and O–H groups in total. The van der Waals surface area contributed by atoms with Crippen molar-refractivity contribution in [3.05, 3.63) is 39.7 Å². The van der Waals surface area contributed by atoms with Gasteiger partial charge in [-0.05, 0) is 26.2 Å². The molecular formula is C12H16FN3O3. The van der Waals surface area contributed by atoms with Gasteiger partial charge in [0.25, 0.3) is 5.91 Å². The largest absolute Gasteiger partial charge is 0.340 e. The molecule has 104 valence electrons. The molecule has 1 aromatic carbocycles. The molecule has 0 aliphatic carbocycles. The Kier molecular flexibility index (Phi) is 4.94. The second-order valence-electron chi connectivity index (χ2n) is 4.45. The van der Waals surface area contributed by atoms with Crippen LogP contribution in [0.1, 0.15) is 10.4 Å². The monoisotopic (exact) mass is 269 g/mol. The summed E-state index contributed by atoms with van der Waals surface area (Å²) in [6.45, 7) is 1.17. The van der Waals surface area contributed by atoms with Crippen molar-refractivity contribution in [3.63, 3.8) is 0 Å². The highest BCUT2D eigenvalue weighted by atomic mass is 19.1. The van der Waals surface area contributed by atoms with E-state index in [1.54, 1.807) is 7.05 Å². The number of rotatable bonds is 5. The maximum Gasteiger partial charge on any atom is 0.304 e. The highest BCUT2D eigenvalue weighted by Gasteiger charge is 2.18. The SMILES string of the molecule is CN(C)CCN(C)C(=O)c1ccc([N+](=O)[O-])c(F)c1. The van der Waals surface area contributed by atoms with Crippen LogP contribution in [0.4, 0.5) is 10.1 Å². The zero-order valence-corrected chi connectivity index (χ0v) is 11.1. The second-order valence-corrected chi connectivity index (χ2v) is 4.45. The Bertz CT molecular complexity index is 491. The quantitative estimate of drug-likeness (QED) is 0.598. The first-order chi connectivity index (χ1) is 8.82. The summed E-state index contributed by atoms with van der Waals surface area (Å²) < 4.78 is 13.4. The van der Waals surface area contributed by atoms with Crippen LogP contribution < -0.4 is 0 Å². The lowest BCUT2D eigenvalue weighted by Crippen LogP contribution is -2.33. The molecule has 1 rings (SSSR count). The molecule has 0 saturated carbocycles. The third kappa shape index (κ3) is 3.99. The maximum atomic E-state index is 13.4. The van der Waals surface area contributed by atoms with E-state index in [0.29, 0.717) is 13.1 Å². The van der Waals surface area contributed by atoms with E-state index in [1.165, 1.54) is 11.0 Å². The fourth-order valence-electron chi connectivity index (χ4n) is 1.46. The molecule has 0 saturated heterocycles. The summed E-state index contributed by atoms with van der Waals surface area (Å²) in [5, 5.41) is 10.5. The van der Waals surface area contributed by atoms with Gasteiger partial charge in [0.05, 0.1) is 4.92 Å². The number of nitro groups is 1. The molecule has 0 unspecified atom stereocenters. The van der Waals surface area contributed by atoms with Crippen LogP contribution in [0.25, 0.3) is 0 Å². The number of amides is 1. The molecule has 0 spiro atoms. The van der Waals surface area contributed by atoms with Gasteiger partial charge in [0.1, 0.15) is 0 Å². The first kappa shape index (κ1) is 15.0. The van der Waals surface area contributed by atoms with Gasteiger partial charge in [0.2, 0.25) is 5.82 Å². The summed E-state index contributed by atoms with van der Waals surface area (Å²) in [6.07, 6.45) is 0. The van der Waals surface area contributed by atoms with E-state index < -0.39 is 16.4 Å². The molecule has 0 fully saturated rings. The van der Waals surface area contributed by atoms with Crippen LogP contribution >= 0.6 is 0 Å². The number of carbonyl (C=O) groups is 1. The number of benzene rings is 1. The molecule has 0 aromatic heterocycles. The molecule has 19 heavy (non-hydrogen) atoms. The summed E-state index contributed by atoms with van der Waals surface area (Å²) in [7, 11) is 5.36. The van der Waals surface area contributed by atoms with Crippen molar-refractivity contribution in [2.45, 2.75) is 0 Å². The van der Waals surface area contributed by atoms with Gasteiger partial charge in [0.15, 0.2) is 0 Å². The van der Waals surface area contributed by atoms with E-state index in [-0.39, 0.29) is 11.5 Å². The minimum atomic E-state index is -1.00. The van der Waals surface area contributed by atoms with E-state index in [9.17, 15) is 19.3 Å². The second kappa shape index (κ2) is 6.24. The van der Waals surface area contributed by atoms with Gasteiger partial charge >= 0.3 is 5.69 Å². The van der Waals surface area contributed by atoms with E-state index in [1.807, 2.05) is 19.0 Å². The number of hydrogen-bond acceptors (Lipinski definition) is 4. The lowest BCUT2D eigenvalue weighted by atomic mass is 10.1. The zero-order chi connectivity index (χ0) is 14.6. The van der Waals surface area contributed by atoms with Crippen molar-refractivity contribution in [1.29, 1.82) is 0 Å². The van der Waals surface area contributed by atoms with Crippen LogP contribution in [-0.2, 0) is 0 Å². The number of halogens is 1. The number of carbonyl (C=O) groups excluding carboxylic acids is 1. The zero-order valence-electron chi connectivity index (χ0n) is 11.1. The Labute approximate surface area is 110 Å². The molecular weight excluding hydrogens is 253 g/mol. The minimum absolute atomic E-state index is 0.101. The molecule has 7 heteroatoms. The van der Waals surface area contributed by atoms with Gasteiger partial charge in [-0.15, -0.1) is 0 Å². The summed E-state index contributed by atoms with van der Waals surface area (Å²) in [6, 6.07) is 3.16. The molecule has 0 heterocycles. The summed E-state index contributed by atoms with van der Waals surface area (Å²) in [4.78, 5) is 25.0. The minimum Gasteiger partial charge on any atom is -0.340 e. The average molecular weight is 269 g/mol. The van der Waals surface area contributed by atoms with Gasteiger partial charge < -0.3 is 9.80 Å². The topological polar surface area (TPSA) is 66.7 Å². The molecule has 0 aliphatic rings. The summed E-state index contributed by atoms with van der Waals surface area (Å²) >= 11 is 0. The van der Waals surface area contributed by atoms with Gasteiger partial charge in [-0.25, -0.2) is 0 Å². The average Bonchev–Trinajstić information content (AvgIpc) is 2.34. The fourth-order valence-corrected chi connectivity index (χ4v) is 1.46. The number of likely N-dealkylation sites (N-methyl/N-ethyl adjacent to an activating group) is 2. The van der Waals surface area contributed by atoms with E-state index in [4.69, 9.17) is 0 Å². The van der Waals surface area contributed by atoms with Gasteiger partial charge in [-0.3, -0.25) is 14.9 Å². The standard InChI is InChI=1S/C12H16FN3O3/c1-14(2)6-7-15(3)12(17)9-4-5-11(16(18)19)10(13)8-9/h4-5,8H,6-7H2,1-3H3. The van der Waals surface area contributed by atoms with Crippen molar-refractivity contribution in [3.8, 4) is 0 Å². The Morgan fingerprint density at radius 3 is 2.42 bits per heavy atom. The Balaban J connectivity index is 2.83. The molecule has 1 aromatic rings. The third-order valence-electron chi connectivity index (χ3n) is 2.62. The lowest BCUT2D eigenvalue weighted by Gasteiger charge is -2.19. The van der Waals surface area contributed by atoms with Crippen LogP contribution in [-0.4, -0.2) is 54.9 Å². The van der Waals surface area contributed by atoms with Crippen LogP contribution in [0.3, 0.4) is 0 Å². The molecule has 0 bridgehead atoms. The van der Waals surface area contributed by atoms with E-state index >= 15 is 0 Å². The van der Waals surface area contributed by atoms with Gasteiger partial charge in [-0.2, -0.15) is 4.39 Å². The highest BCUT2D eigenvalue weighted by Crippen LogP contribution is 2.18. The predicted octanol–water partition coefficient (Wildman–Crippen LogP) is 1.37. The van der Waals surface area contributed by atoms with Crippen molar-refractivity contribution < 1.29 is 14.1 Å². The predicted molar refractivity (Wildman–Crippen MR) is 68.6 cm³/mol. The normalized spacial score (nSPS) is 10.6. The van der Waals surface area contributed by atoms with Crippen LogP contribution in [0, 0.1) is 15.9 Å². The molecule has 6 nitrogen and oxygen atoms in total. The van der Waals surface area contributed by atoms with Crippen LogP contribution in [0.15, 0.2) is 18.2 Å². The van der Waals surface area contributed by atoms with Crippen molar-refractivity contribution >= 4 is 11.6 Å². The fraction of sp³-hybridized carbons (Fsp3) is 0.417. The summed E-state index contributed by atoms with van der Waals surface area (Å²) in [5.41, 5.74) is -0.531. The van der Waals surface area contributed by atoms with Crippen molar-refractivity contribution in [1.82, 2.24) is 9.80 Å². The van der Waals surface area contributed by atoms with Crippen LogP contribution in [0.5, 0.6) is 0 Å². The number of hydrogen-bond donors (Lipinski definition) is 0. The van der Waals surface area contributed by atoms with Gasteiger partial charge in [0, 0.05) is 31.8 Å². The molecule has 0 atom stereocenters. The Morgan fingerprint density at radius 1 is 1.32 bits per heavy atom. The Morgan fingerprint density at radius 2 is 1.95 bits per heavy atom. The molecule has 0 radical (unpaired) electrons. The highest BCUT2D eigenvalue weighted by molar-refractivity contribution is 5.94. The van der Waals surface area contributed by atoms with Crippen molar-refractivity contribution in [2.24, 2.45) is 0 Å². The third-order valence-corrected chi connectivity index (χ3v) is 2.62. The van der Waals surface area contributed by atoms with Gasteiger partial charge in [-0.1, -0.05) is 0 Å².